The molecular formula is C17H10N4O2S. The third-order valence-electron chi connectivity index (χ3n) is 3.86. The SMILES string of the molecule is O=c1[nH]c2scc(-c3ccccc3)c2c2nc(-c3ccco3)nn12. The Balaban J connectivity index is 1.88. The van der Waals surface area contributed by atoms with Crippen LogP contribution in [-0.4, -0.2) is 19.6 Å². The van der Waals surface area contributed by atoms with Crippen LogP contribution in [0.4, 0.5) is 0 Å². The molecule has 0 radical (unpaired) electrons. The zero-order valence-electron chi connectivity index (χ0n) is 12.3. The molecule has 0 amide bonds. The predicted molar refractivity (Wildman–Crippen MR) is 92.1 cm³/mol. The summed E-state index contributed by atoms with van der Waals surface area (Å²) in [7, 11) is 0. The number of thiophene rings is 1. The molecule has 0 unspecified atom stereocenters. The zero-order valence-corrected chi connectivity index (χ0v) is 13.1. The number of fused-ring (bicyclic) bond motifs is 3. The minimum Gasteiger partial charge on any atom is -0.461 e. The summed E-state index contributed by atoms with van der Waals surface area (Å²) < 4.78 is 6.64. The van der Waals surface area contributed by atoms with Crippen molar-refractivity contribution in [1.82, 2.24) is 19.6 Å². The number of nitrogens with one attached hydrogen (secondary N) is 1. The van der Waals surface area contributed by atoms with Gasteiger partial charge in [-0.25, -0.2) is 9.78 Å². The first-order chi connectivity index (χ1) is 11.8. The lowest BCUT2D eigenvalue weighted by Gasteiger charge is -2.00. The van der Waals surface area contributed by atoms with E-state index in [4.69, 9.17) is 4.42 Å². The third-order valence-corrected chi connectivity index (χ3v) is 4.76. The first kappa shape index (κ1) is 13.3. The molecule has 0 bridgehead atoms. The monoisotopic (exact) mass is 334 g/mol. The highest BCUT2D eigenvalue weighted by Crippen LogP contribution is 2.34. The Morgan fingerprint density at radius 2 is 2.00 bits per heavy atom. The molecule has 4 aromatic heterocycles. The van der Waals surface area contributed by atoms with Crippen molar-refractivity contribution in [3.8, 4) is 22.7 Å². The summed E-state index contributed by atoms with van der Waals surface area (Å²) >= 11 is 1.48. The number of aromatic nitrogens is 4. The molecule has 0 fully saturated rings. The van der Waals surface area contributed by atoms with Gasteiger partial charge in [0.05, 0.1) is 11.6 Å². The van der Waals surface area contributed by atoms with Gasteiger partial charge in [-0.3, -0.25) is 4.98 Å². The van der Waals surface area contributed by atoms with Crippen LogP contribution in [0.1, 0.15) is 0 Å². The maximum absolute atomic E-state index is 12.3. The molecule has 7 heteroatoms. The summed E-state index contributed by atoms with van der Waals surface area (Å²) in [5.41, 5.74) is 2.31. The summed E-state index contributed by atoms with van der Waals surface area (Å²) in [4.78, 5) is 20.5. The van der Waals surface area contributed by atoms with Crippen molar-refractivity contribution >= 4 is 27.2 Å². The molecule has 0 atom stereocenters. The highest BCUT2D eigenvalue weighted by Gasteiger charge is 2.18. The van der Waals surface area contributed by atoms with Crippen LogP contribution in [0.15, 0.2) is 63.3 Å². The third kappa shape index (κ3) is 1.85. The van der Waals surface area contributed by atoms with E-state index in [0.717, 1.165) is 21.3 Å². The Kier molecular flexibility index (Phi) is 2.71. The summed E-state index contributed by atoms with van der Waals surface area (Å²) in [5.74, 6) is 0.922. The average molecular weight is 334 g/mol. The van der Waals surface area contributed by atoms with Crippen LogP contribution < -0.4 is 5.69 Å². The molecule has 0 aliphatic rings. The van der Waals surface area contributed by atoms with Crippen molar-refractivity contribution in [2.24, 2.45) is 0 Å². The Bertz CT molecular complexity index is 1220. The Hall–Kier alpha value is -3.19. The summed E-state index contributed by atoms with van der Waals surface area (Å²) in [5, 5.41) is 7.20. The topological polar surface area (TPSA) is 76.2 Å². The minimum absolute atomic E-state index is 0.315. The average Bonchev–Trinajstić information content (AvgIpc) is 3.33. The van der Waals surface area contributed by atoms with Gasteiger partial charge in [0, 0.05) is 10.9 Å². The molecule has 0 spiro atoms. The minimum atomic E-state index is -0.315. The van der Waals surface area contributed by atoms with E-state index in [2.05, 4.69) is 15.1 Å². The van der Waals surface area contributed by atoms with E-state index < -0.39 is 0 Å². The summed E-state index contributed by atoms with van der Waals surface area (Å²) in [6, 6.07) is 13.5. The molecule has 1 N–H and O–H groups in total. The number of benzene rings is 1. The molecule has 1 aromatic carbocycles. The van der Waals surface area contributed by atoms with Gasteiger partial charge in [0.1, 0.15) is 4.83 Å². The smallest absolute Gasteiger partial charge is 0.349 e. The first-order valence-electron chi connectivity index (χ1n) is 7.31. The van der Waals surface area contributed by atoms with Crippen molar-refractivity contribution in [1.29, 1.82) is 0 Å². The van der Waals surface area contributed by atoms with Crippen molar-refractivity contribution in [2.75, 3.05) is 0 Å². The molecule has 0 saturated carbocycles. The second-order valence-corrected chi connectivity index (χ2v) is 6.18. The van der Waals surface area contributed by atoms with Crippen molar-refractivity contribution in [2.45, 2.75) is 0 Å². The standard InChI is InChI=1S/C17H10N4O2S/c22-17-19-16-13(11(9-24-16)10-5-2-1-3-6-10)15-18-14(20-21(15)17)12-7-4-8-23-12/h1-9H,(H,19,22). The second-order valence-electron chi connectivity index (χ2n) is 5.30. The van der Waals surface area contributed by atoms with Crippen LogP contribution in [0, 0.1) is 0 Å². The van der Waals surface area contributed by atoms with Crippen LogP contribution in [0.2, 0.25) is 0 Å². The van der Waals surface area contributed by atoms with Gasteiger partial charge in [-0.05, 0) is 17.7 Å². The van der Waals surface area contributed by atoms with E-state index in [1.54, 1.807) is 18.4 Å². The molecule has 5 rings (SSSR count). The first-order valence-corrected chi connectivity index (χ1v) is 8.19. The van der Waals surface area contributed by atoms with Crippen LogP contribution in [0.25, 0.3) is 38.6 Å². The van der Waals surface area contributed by atoms with Crippen molar-refractivity contribution < 1.29 is 4.42 Å². The molecule has 24 heavy (non-hydrogen) atoms. The highest BCUT2D eigenvalue weighted by molar-refractivity contribution is 7.17. The van der Waals surface area contributed by atoms with Gasteiger partial charge < -0.3 is 4.42 Å². The maximum atomic E-state index is 12.3. The van der Waals surface area contributed by atoms with Gasteiger partial charge in [0.15, 0.2) is 11.4 Å². The van der Waals surface area contributed by atoms with Crippen molar-refractivity contribution in [3.63, 3.8) is 0 Å². The quantitative estimate of drug-likeness (QED) is 0.535. The number of nitrogens with zero attached hydrogens (tertiary/aromatic N) is 3. The fourth-order valence-electron chi connectivity index (χ4n) is 2.78. The normalized spacial score (nSPS) is 11.5. The van der Waals surface area contributed by atoms with Gasteiger partial charge in [-0.1, -0.05) is 30.3 Å². The highest BCUT2D eigenvalue weighted by atomic mass is 32.1. The van der Waals surface area contributed by atoms with E-state index in [1.165, 1.54) is 15.9 Å². The fraction of sp³-hybridized carbons (Fsp3) is 0. The Morgan fingerprint density at radius 3 is 2.79 bits per heavy atom. The molecule has 0 saturated heterocycles. The molecule has 0 aliphatic carbocycles. The number of hydrogen-bond donors (Lipinski definition) is 1. The van der Waals surface area contributed by atoms with Gasteiger partial charge >= 0.3 is 5.69 Å². The molecular weight excluding hydrogens is 324 g/mol. The van der Waals surface area contributed by atoms with E-state index in [0.29, 0.717) is 17.2 Å². The van der Waals surface area contributed by atoms with E-state index in [9.17, 15) is 4.79 Å². The van der Waals surface area contributed by atoms with Gasteiger partial charge in [-0.15, -0.1) is 16.4 Å². The van der Waals surface area contributed by atoms with Crippen LogP contribution in [-0.2, 0) is 0 Å². The van der Waals surface area contributed by atoms with Crippen LogP contribution in [0.3, 0.4) is 0 Å². The summed E-state index contributed by atoms with van der Waals surface area (Å²) in [6.45, 7) is 0. The predicted octanol–water partition coefficient (Wildman–Crippen LogP) is 3.56. The Morgan fingerprint density at radius 1 is 1.12 bits per heavy atom. The summed E-state index contributed by atoms with van der Waals surface area (Å²) in [6.07, 6.45) is 1.56. The van der Waals surface area contributed by atoms with Crippen LogP contribution >= 0.6 is 11.3 Å². The van der Waals surface area contributed by atoms with E-state index in [-0.39, 0.29) is 5.69 Å². The number of furan rings is 1. The van der Waals surface area contributed by atoms with E-state index in [1.807, 2.05) is 35.7 Å². The van der Waals surface area contributed by atoms with Crippen LogP contribution in [0.5, 0.6) is 0 Å². The fourth-order valence-corrected chi connectivity index (χ4v) is 3.73. The van der Waals surface area contributed by atoms with E-state index >= 15 is 0 Å². The molecule has 116 valence electrons. The molecule has 0 aliphatic heterocycles. The van der Waals surface area contributed by atoms with Gasteiger partial charge in [0.2, 0.25) is 5.82 Å². The lowest BCUT2D eigenvalue weighted by molar-refractivity contribution is 0.577. The Labute approximate surface area is 139 Å². The maximum Gasteiger partial charge on any atom is 0.349 e. The van der Waals surface area contributed by atoms with Gasteiger partial charge in [-0.2, -0.15) is 4.52 Å². The zero-order chi connectivity index (χ0) is 16.1. The second kappa shape index (κ2) is 4.90. The lowest BCUT2D eigenvalue weighted by Crippen LogP contribution is -2.16. The van der Waals surface area contributed by atoms with Crippen molar-refractivity contribution in [3.05, 3.63) is 64.6 Å². The number of hydrogen-bond acceptors (Lipinski definition) is 5. The molecule has 6 nitrogen and oxygen atoms in total. The number of H-pyrrole nitrogens is 1. The van der Waals surface area contributed by atoms with Gasteiger partial charge in [0.25, 0.3) is 0 Å². The molecule has 4 heterocycles. The lowest BCUT2D eigenvalue weighted by atomic mass is 10.1. The number of rotatable bonds is 2. The molecule has 5 aromatic rings. The largest absolute Gasteiger partial charge is 0.461 e. The number of aromatic amines is 1.